The molecule has 0 saturated carbocycles. The third-order valence-corrected chi connectivity index (χ3v) is 3.28. The van der Waals surface area contributed by atoms with Crippen LogP contribution < -0.4 is 10.5 Å². The van der Waals surface area contributed by atoms with Gasteiger partial charge in [-0.3, -0.25) is 0 Å². The fraction of sp³-hybridized carbons (Fsp3) is 1.00. The average molecular weight is 224 g/mol. The van der Waals surface area contributed by atoms with Crippen LogP contribution in [0.5, 0.6) is 0 Å². The SMILES string of the molecule is CCCS(=O)(=O)NCCC(N)COC. The van der Waals surface area contributed by atoms with Crippen molar-refractivity contribution in [1.82, 2.24) is 4.72 Å². The summed E-state index contributed by atoms with van der Waals surface area (Å²) in [5, 5.41) is 0. The normalized spacial score (nSPS) is 14.2. The minimum atomic E-state index is -3.09. The summed E-state index contributed by atoms with van der Waals surface area (Å²) in [6.07, 6.45) is 1.22. The van der Waals surface area contributed by atoms with E-state index in [4.69, 9.17) is 10.5 Å². The van der Waals surface area contributed by atoms with Crippen molar-refractivity contribution >= 4 is 10.0 Å². The first kappa shape index (κ1) is 13.8. The number of nitrogens with two attached hydrogens (primary N) is 1. The molecule has 6 heteroatoms. The molecule has 0 rings (SSSR count). The van der Waals surface area contributed by atoms with Gasteiger partial charge in [0.1, 0.15) is 0 Å². The lowest BCUT2D eigenvalue weighted by Gasteiger charge is -2.10. The zero-order chi connectivity index (χ0) is 11.0. The van der Waals surface area contributed by atoms with E-state index in [9.17, 15) is 8.42 Å². The van der Waals surface area contributed by atoms with Gasteiger partial charge in [0.05, 0.1) is 12.4 Å². The number of ether oxygens (including phenoxy) is 1. The van der Waals surface area contributed by atoms with Crippen LogP contribution in [-0.2, 0) is 14.8 Å². The molecule has 3 N–H and O–H groups in total. The molecular weight excluding hydrogens is 204 g/mol. The van der Waals surface area contributed by atoms with Gasteiger partial charge in [-0.2, -0.15) is 0 Å². The third-order valence-electron chi connectivity index (χ3n) is 1.69. The van der Waals surface area contributed by atoms with Crippen molar-refractivity contribution in [3.63, 3.8) is 0 Å². The Balaban J connectivity index is 3.63. The first-order valence-electron chi connectivity index (χ1n) is 4.73. The molecule has 14 heavy (non-hydrogen) atoms. The van der Waals surface area contributed by atoms with Gasteiger partial charge in [0.15, 0.2) is 0 Å². The molecule has 0 aliphatic heterocycles. The molecule has 1 atom stereocenters. The second-order valence-corrected chi connectivity index (χ2v) is 5.14. The van der Waals surface area contributed by atoms with Gasteiger partial charge in [-0.1, -0.05) is 6.92 Å². The summed E-state index contributed by atoms with van der Waals surface area (Å²) in [4.78, 5) is 0. The number of sulfonamides is 1. The highest BCUT2D eigenvalue weighted by atomic mass is 32.2. The molecule has 0 radical (unpaired) electrons. The molecule has 0 amide bonds. The van der Waals surface area contributed by atoms with E-state index in [0.717, 1.165) is 0 Å². The van der Waals surface area contributed by atoms with Gasteiger partial charge >= 0.3 is 0 Å². The summed E-state index contributed by atoms with van der Waals surface area (Å²) in [5.74, 6) is 0.173. The van der Waals surface area contributed by atoms with Crippen molar-refractivity contribution in [3.05, 3.63) is 0 Å². The van der Waals surface area contributed by atoms with Crippen molar-refractivity contribution in [3.8, 4) is 0 Å². The predicted octanol–water partition coefficient (Wildman–Crippen LogP) is -0.320. The Morgan fingerprint density at radius 1 is 1.50 bits per heavy atom. The summed E-state index contributed by atoms with van der Waals surface area (Å²) >= 11 is 0. The third kappa shape index (κ3) is 7.25. The predicted molar refractivity (Wildman–Crippen MR) is 56.5 cm³/mol. The van der Waals surface area contributed by atoms with Crippen molar-refractivity contribution in [1.29, 1.82) is 0 Å². The van der Waals surface area contributed by atoms with Crippen molar-refractivity contribution < 1.29 is 13.2 Å². The highest BCUT2D eigenvalue weighted by molar-refractivity contribution is 7.89. The summed E-state index contributed by atoms with van der Waals surface area (Å²) in [6.45, 7) is 2.66. The molecule has 86 valence electrons. The summed E-state index contributed by atoms with van der Waals surface area (Å²) < 4.78 is 29.7. The number of nitrogens with one attached hydrogen (secondary N) is 1. The smallest absolute Gasteiger partial charge is 0.211 e. The topological polar surface area (TPSA) is 81.4 Å². The fourth-order valence-electron chi connectivity index (χ4n) is 1.04. The number of hydrogen-bond acceptors (Lipinski definition) is 4. The quantitative estimate of drug-likeness (QED) is 0.592. The molecule has 0 fully saturated rings. The largest absolute Gasteiger partial charge is 0.383 e. The van der Waals surface area contributed by atoms with Gasteiger partial charge in [-0.05, 0) is 12.8 Å². The van der Waals surface area contributed by atoms with E-state index < -0.39 is 10.0 Å². The average Bonchev–Trinajstić information content (AvgIpc) is 2.03. The van der Waals surface area contributed by atoms with Crippen LogP contribution in [0.15, 0.2) is 0 Å². The lowest BCUT2D eigenvalue weighted by atomic mass is 10.2. The second kappa shape index (κ2) is 7.17. The molecule has 0 heterocycles. The van der Waals surface area contributed by atoms with E-state index >= 15 is 0 Å². The molecule has 0 aromatic carbocycles. The van der Waals surface area contributed by atoms with Crippen LogP contribution in [0.3, 0.4) is 0 Å². The maximum absolute atomic E-state index is 11.2. The van der Waals surface area contributed by atoms with Crippen LogP contribution in [0.4, 0.5) is 0 Å². The standard InChI is InChI=1S/C8H20N2O3S/c1-3-6-14(11,12)10-5-4-8(9)7-13-2/h8,10H,3-7,9H2,1-2H3. The Bertz CT molecular complexity index is 229. The van der Waals surface area contributed by atoms with Gasteiger partial charge in [0.25, 0.3) is 0 Å². The van der Waals surface area contributed by atoms with Crippen molar-refractivity contribution in [2.24, 2.45) is 5.73 Å². The zero-order valence-corrected chi connectivity index (χ0v) is 9.64. The lowest BCUT2D eigenvalue weighted by molar-refractivity contribution is 0.177. The van der Waals surface area contributed by atoms with E-state index in [2.05, 4.69) is 4.72 Å². The molecule has 0 aromatic heterocycles. The second-order valence-electron chi connectivity index (χ2n) is 3.22. The molecule has 0 spiro atoms. The fourth-order valence-corrected chi connectivity index (χ4v) is 2.15. The Morgan fingerprint density at radius 2 is 2.14 bits per heavy atom. The Morgan fingerprint density at radius 3 is 2.64 bits per heavy atom. The molecule has 5 nitrogen and oxygen atoms in total. The lowest BCUT2D eigenvalue weighted by Crippen LogP contribution is -2.33. The van der Waals surface area contributed by atoms with Crippen LogP contribution >= 0.6 is 0 Å². The first-order chi connectivity index (χ1) is 6.52. The summed E-state index contributed by atoms with van der Waals surface area (Å²) in [6, 6.07) is -0.107. The van der Waals surface area contributed by atoms with Crippen molar-refractivity contribution in [2.45, 2.75) is 25.8 Å². The van der Waals surface area contributed by atoms with E-state index in [1.54, 1.807) is 7.11 Å². The van der Waals surface area contributed by atoms with Crippen LogP contribution in [0, 0.1) is 0 Å². The van der Waals surface area contributed by atoms with Crippen LogP contribution in [0.1, 0.15) is 19.8 Å². The van der Waals surface area contributed by atoms with Crippen LogP contribution in [0.2, 0.25) is 0 Å². The molecule has 0 bridgehead atoms. The van der Waals surface area contributed by atoms with E-state index in [1.165, 1.54) is 0 Å². The molecule has 0 aliphatic rings. The maximum Gasteiger partial charge on any atom is 0.211 e. The number of hydrogen-bond donors (Lipinski definition) is 2. The Kier molecular flexibility index (Phi) is 7.08. The van der Waals surface area contributed by atoms with Gasteiger partial charge in [0, 0.05) is 19.7 Å². The van der Waals surface area contributed by atoms with E-state index in [0.29, 0.717) is 26.0 Å². The Labute approximate surface area is 86.1 Å². The maximum atomic E-state index is 11.2. The molecule has 0 aliphatic carbocycles. The summed E-state index contributed by atoms with van der Waals surface area (Å²) in [5.41, 5.74) is 5.63. The Hall–Kier alpha value is -0.170. The minimum Gasteiger partial charge on any atom is -0.383 e. The monoisotopic (exact) mass is 224 g/mol. The van der Waals surface area contributed by atoms with Gasteiger partial charge in [-0.15, -0.1) is 0 Å². The van der Waals surface area contributed by atoms with E-state index in [-0.39, 0.29) is 11.8 Å². The van der Waals surface area contributed by atoms with Gasteiger partial charge in [0.2, 0.25) is 10.0 Å². The molecule has 1 unspecified atom stereocenters. The van der Waals surface area contributed by atoms with Gasteiger partial charge in [-0.25, -0.2) is 13.1 Å². The first-order valence-corrected chi connectivity index (χ1v) is 6.39. The van der Waals surface area contributed by atoms with Crippen LogP contribution in [-0.4, -0.2) is 40.5 Å². The summed E-state index contributed by atoms with van der Waals surface area (Å²) in [7, 11) is -1.52. The highest BCUT2D eigenvalue weighted by Crippen LogP contribution is 1.91. The van der Waals surface area contributed by atoms with Gasteiger partial charge < -0.3 is 10.5 Å². The van der Waals surface area contributed by atoms with Crippen molar-refractivity contribution in [2.75, 3.05) is 26.0 Å². The van der Waals surface area contributed by atoms with E-state index in [1.807, 2.05) is 6.92 Å². The zero-order valence-electron chi connectivity index (χ0n) is 8.82. The number of rotatable bonds is 8. The molecule has 0 aromatic rings. The molecular formula is C8H20N2O3S. The number of methoxy groups -OCH3 is 1. The highest BCUT2D eigenvalue weighted by Gasteiger charge is 2.08. The molecule has 0 saturated heterocycles. The van der Waals surface area contributed by atoms with Crippen LogP contribution in [0.25, 0.3) is 0 Å². The minimum absolute atomic E-state index is 0.107.